The Morgan fingerprint density at radius 3 is 2.12 bits per heavy atom. The summed E-state index contributed by atoms with van der Waals surface area (Å²) >= 11 is 0. The van der Waals surface area contributed by atoms with Crippen LogP contribution in [0.15, 0.2) is 0 Å². The molecule has 0 amide bonds. The number of likely N-dealkylation sites (tertiary alicyclic amines) is 2. The van der Waals surface area contributed by atoms with Crippen LogP contribution in [0, 0.1) is 5.92 Å². The molecule has 2 aliphatic rings. The molecular formula is C14H27FN2. The summed E-state index contributed by atoms with van der Waals surface area (Å²) in [6.07, 6.45) is 3.63. The second-order valence-corrected chi connectivity index (χ2v) is 6.05. The van der Waals surface area contributed by atoms with Gasteiger partial charge in [0.2, 0.25) is 0 Å². The molecular weight excluding hydrogens is 215 g/mol. The molecule has 0 aliphatic carbocycles. The van der Waals surface area contributed by atoms with Gasteiger partial charge in [-0.1, -0.05) is 0 Å². The molecule has 3 heteroatoms. The Bertz CT molecular complexity index is 216. The van der Waals surface area contributed by atoms with E-state index in [1.807, 2.05) is 0 Å². The summed E-state index contributed by atoms with van der Waals surface area (Å²) in [5.41, 5.74) is 0. The monoisotopic (exact) mass is 242 g/mol. The van der Waals surface area contributed by atoms with Crippen LogP contribution < -0.4 is 0 Å². The molecule has 0 aromatic heterocycles. The molecule has 2 aliphatic heterocycles. The average molecular weight is 242 g/mol. The first-order valence-corrected chi connectivity index (χ1v) is 7.25. The zero-order chi connectivity index (χ0) is 12.3. The smallest absolute Gasteiger partial charge is 0.103 e. The van der Waals surface area contributed by atoms with Gasteiger partial charge in [-0.3, -0.25) is 0 Å². The highest BCUT2D eigenvalue weighted by molar-refractivity contribution is 4.79. The van der Waals surface area contributed by atoms with E-state index in [1.165, 1.54) is 32.5 Å². The van der Waals surface area contributed by atoms with Crippen molar-refractivity contribution in [3.63, 3.8) is 0 Å². The minimum absolute atomic E-state index is 0.533. The van der Waals surface area contributed by atoms with Crippen molar-refractivity contribution in [3.05, 3.63) is 0 Å². The Morgan fingerprint density at radius 2 is 1.59 bits per heavy atom. The van der Waals surface area contributed by atoms with E-state index in [9.17, 15) is 4.39 Å². The molecule has 2 heterocycles. The van der Waals surface area contributed by atoms with Crippen LogP contribution in [0.4, 0.5) is 4.39 Å². The lowest BCUT2D eigenvalue weighted by atomic mass is 9.94. The Morgan fingerprint density at radius 1 is 1.00 bits per heavy atom. The highest BCUT2D eigenvalue weighted by atomic mass is 19.1. The van der Waals surface area contributed by atoms with Crippen LogP contribution in [0.25, 0.3) is 0 Å². The predicted octanol–water partition coefficient (Wildman–Crippen LogP) is 2.54. The van der Waals surface area contributed by atoms with E-state index in [2.05, 4.69) is 23.6 Å². The van der Waals surface area contributed by atoms with Crippen molar-refractivity contribution in [2.45, 2.75) is 51.7 Å². The maximum Gasteiger partial charge on any atom is 0.103 e. The summed E-state index contributed by atoms with van der Waals surface area (Å²) in [6, 6.07) is 0.693. The third-order valence-electron chi connectivity index (χ3n) is 4.41. The van der Waals surface area contributed by atoms with Gasteiger partial charge in [-0.15, -0.1) is 0 Å². The Kier molecular flexibility index (Phi) is 4.80. The molecule has 2 rings (SSSR count). The quantitative estimate of drug-likeness (QED) is 0.750. The van der Waals surface area contributed by atoms with Crippen molar-refractivity contribution in [3.8, 4) is 0 Å². The molecule has 0 N–H and O–H groups in total. The van der Waals surface area contributed by atoms with E-state index in [0.29, 0.717) is 6.04 Å². The molecule has 100 valence electrons. The molecule has 2 fully saturated rings. The lowest BCUT2D eigenvalue weighted by Gasteiger charge is -2.38. The molecule has 17 heavy (non-hydrogen) atoms. The Hall–Kier alpha value is -0.150. The lowest BCUT2D eigenvalue weighted by Crippen LogP contribution is -2.43. The van der Waals surface area contributed by atoms with Crippen molar-refractivity contribution in [1.29, 1.82) is 0 Å². The summed E-state index contributed by atoms with van der Waals surface area (Å²) in [7, 11) is 0. The SMILES string of the molecule is CC(C)N1CCC(CN2CCC(F)CC2)CC1. The van der Waals surface area contributed by atoms with Crippen LogP contribution >= 0.6 is 0 Å². The van der Waals surface area contributed by atoms with Gasteiger partial charge in [0.15, 0.2) is 0 Å². The molecule has 0 bridgehead atoms. The third kappa shape index (κ3) is 3.92. The molecule has 2 saturated heterocycles. The van der Waals surface area contributed by atoms with Crippen LogP contribution in [-0.4, -0.2) is 54.7 Å². The number of nitrogens with zero attached hydrogens (tertiary/aromatic N) is 2. The Labute approximate surface area is 105 Å². The van der Waals surface area contributed by atoms with Crippen molar-refractivity contribution in [1.82, 2.24) is 9.80 Å². The van der Waals surface area contributed by atoms with E-state index in [-0.39, 0.29) is 0 Å². The number of piperidine rings is 2. The van der Waals surface area contributed by atoms with E-state index in [1.54, 1.807) is 0 Å². The maximum absolute atomic E-state index is 13.0. The zero-order valence-corrected chi connectivity index (χ0v) is 11.4. The number of halogens is 1. The van der Waals surface area contributed by atoms with Gasteiger partial charge in [-0.05, 0) is 58.5 Å². The Balaban J connectivity index is 1.67. The van der Waals surface area contributed by atoms with Crippen LogP contribution in [-0.2, 0) is 0 Å². The highest BCUT2D eigenvalue weighted by Gasteiger charge is 2.25. The van der Waals surface area contributed by atoms with Gasteiger partial charge < -0.3 is 9.80 Å². The molecule has 0 aromatic carbocycles. The summed E-state index contributed by atoms with van der Waals surface area (Å²) in [6.45, 7) is 10.2. The number of hydrogen-bond donors (Lipinski definition) is 0. The largest absolute Gasteiger partial charge is 0.303 e. The van der Waals surface area contributed by atoms with Crippen LogP contribution in [0.1, 0.15) is 39.5 Å². The van der Waals surface area contributed by atoms with Crippen molar-refractivity contribution in [2.75, 3.05) is 32.7 Å². The second kappa shape index (κ2) is 6.14. The standard InChI is InChI=1S/C14H27FN2/c1-12(2)17-9-3-13(4-10-17)11-16-7-5-14(15)6-8-16/h12-14H,3-11H2,1-2H3. The second-order valence-electron chi connectivity index (χ2n) is 6.05. The normalized spacial score (nSPS) is 26.8. The maximum atomic E-state index is 13.0. The summed E-state index contributed by atoms with van der Waals surface area (Å²) in [5, 5.41) is 0. The van der Waals surface area contributed by atoms with Gasteiger partial charge >= 0.3 is 0 Å². The van der Waals surface area contributed by atoms with Crippen LogP contribution in [0.5, 0.6) is 0 Å². The summed E-state index contributed by atoms with van der Waals surface area (Å²) < 4.78 is 13.0. The van der Waals surface area contributed by atoms with Crippen molar-refractivity contribution >= 4 is 0 Å². The fraction of sp³-hybridized carbons (Fsp3) is 1.00. The summed E-state index contributed by atoms with van der Waals surface area (Å²) in [5.74, 6) is 0.848. The van der Waals surface area contributed by atoms with Gasteiger partial charge in [-0.25, -0.2) is 4.39 Å². The first kappa shape index (κ1) is 13.3. The fourth-order valence-corrected chi connectivity index (χ4v) is 3.10. The average Bonchev–Trinajstić information content (AvgIpc) is 2.33. The molecule has 0 radical (unpaired) electrons. The van der Waals surface area contributed by atoms with Crippen molar-refractivity contribution < 1.29 is 4.39 Å². The van der Waals surface area contributed by atoms with E-state index in [4.69, 9.17) is 0 Å². The van der Waals surface area contributed by atoms with Gasteiger partial charge in [0, 0.05) is 25.7 Å². The van der Waals surface area contributed by atoms with Gasteiger partial charge in [0.05, 0.1) is 0 Å². The molecule has 0 spiro atoms. The predicted molar refractivity (Wildman–Crippen MR) is 70.0 cm³/mol. The van der Waals surface area contributed by atoms with E-state index in [0.717, 1.165) is 31.8 Å². The van der Waals surface area contributed by atoms with Gasteiger partial charge in [0.25, 0.3) is 0 Å². The van der Waals surface area contributed by atoms with Crippen molar-refractivity contribution in [2.24, 2.45) is 5.92 Å². The molecule has 2 nitrogen and oxygen atoms in total. The first-order valence-electron chi connectivity index (χ1n) is 7.25. The highest BCUT2D eigenvalue weighted by Crippen LogP contribution is 2.22. The molecule has 0 aromatic rings. The zero-order valence-electron chi connectivity index (χ0n) is 11.4. The number of rotatable bonds is 3. The minimum Gasteiger partial charge on any atom is -0.303 e. The van der Waals surface area contributed by atoms with Gasteiger partial charge in [0.1, 0.15) is 6.17 Å². The topological polar surface area (TPSA) is 6.48 Å². The number of alkyl halides is 1. The molecule has 0 unspecified atom stereocenters. The van der Waals surface area contributed by atoms with Gasteiger partial charge in [-0.2, -0.15) is 0 Å². The fourth-order valence-electron chi connectivity index (χ4n) is 3.10. The lowest BCUT2D eigenvalue weighted by molar-refractivity contribution is 0.0956. The minimum atomic E-state index is -0.533. The van der Waals surface area contributed by atoms with Crippen LogP contribution in [0.2, 0.25) is 0 Å². The van der Waals surface area contributed by atoms with E-state index < -0.39 is 6.17 Å². The number of hydrogen-bond acceptors (Lipinski definition) is 2. The van der Waals surface area contributed by atoms with Crippen LogP contribution in [0.3, 0.4) is 0 Å². The third-order valence-corrected chi connectivity index (χ3v) is 4.41. The van der Waals surface area contributed by atoms with E-state index >= 15 is 0 Å². The molecule has 0 atom stereocenters. The molecule has 0 saturated carbocycles. The summed E-state index contributed by atoms with van der Waals surface area (Å²) in [4.78, 5) is 5.05. The first-order chi connectivity index (χ1) is 8.15.